The van der Waals surface area contributed by atoms with Crippen LogP contribution in [0.1, 0.15) is 39.7 Å². The normalized spacial score (nSPS) is 11.6. The number of hydrogen-bond acceptors (Lipinski definition) is 7. The van der Waals surface area contributed by atoms with Gasteiger partial charge in [0.2, 0.25) is 0 Å². The Balaban J connectivity index is 1.40. The van der Waals surface area contributed by atoms with E-state index in [9.17, 15) is 19.1 Å². The van der Waals surface area contributed by atoms with Crippen molar-refractivity contribution in [3.05, 3.63) is 93.9 Å². The molecule has 8 nitrogen and oxygen atoms in total. The average Bonchev–Trinajstić information content (AvgIpc) is 3.40. The number of anilines is 1. The molecule has 3 N–H and O–H groups in total. The van der Waals surface area contributed by atoms with Crippen molar-refractivity contribution in [1.82, 2.24) is 15.3 Å². The minimum absolute atomic E-state index is 0.101. The summed E-state index contributed by atoms with van der Waals surface area (Å²) < 4.78 is 19.0. The molecule has 0 saturated heterocycles. The number of halogens is 1. The molecule has 2 heterocycles. The molecular formula is C29H29FN4O4S. The van der Waals surface area contributed by atoms with E-state index >= 15 is 0 Å². The summed E-state index contributed by atoms with van der Waals surface area (Å²) in [6.07, 6.45) is 2.22. The second-order valence-electron chi connectivity index (χ2n) is 8.95. The minimum Gasteiger partial charge on any atom is -0.497 e. The van der Waals surface area contributed by atoms with Gasteiger partial charge in [0.05, 0.1) is 19.3 Å². The number of nitrogens with zero attached hydrogens (tertiary/aromatic N) is 2. The molecule has 0 aliphatic rings. The Bertz CT molecular complexity index is 1470. The number of ether oxygens (including phenoxy) is 1. The highest BCUT2D eigenvalue weighted by Gasteiger charge is 2.24. The van der Waals surface area contributed by atoms with Crippen LogP contribution in [0.25, 0.3) is 10.6 Å². The second kappa shape index (κ2) is 12.5. The summed E-state index contributed by atoms with van der Waals surface area (Å²) in [6, 6.07) is 12.5. The van der Waals surface area contributed by atoms with Crippen LogP contribution in [0.2, 0.25) is 0 Å². The molecule has 0 saturated carbocycles. The number of pyridine rings is 1. The minimum atomic E-state index is -1.15. The van der Waals surface area contributed by atoms with Crippen LogP contribution < -0.4 is 15.4 Å². The molecule has 4 aromatic rings. The van der Waals surface area contributed by atoms with Gasteiger partial charge < -0.3 is 20.5 Å². The van der Waals surface area contributed by atoms with Crippen molar-refractivity contribution >= 4 is 29.0 Å². The molecule has 2 aromatic heterocycles. The van der Waals surface area contributed by atoms with Crippen molar-refractivity contribution in [1.29, 1.82) is 0 Å². The number of thiazole rings is 1. The Kier molecular flexibility index (Phi) is 8.88. The van der Waals surface area contributed by atoms with Crippen molar-refractivity contribution in [2.24, 2.45) is 0 Å². The van der Waals surface area contributed by atoms with Crippen LogP contribution in [-0.4, -0.2) is 40.1 Å². The summed E-state index contributed by atoms with van der Waals surface area (Å²) in [7, 11) is 1.60. The average molecular weight is 549 g/mol. The molecule has 4 rings (SSSR count). The number of carbonyl (C=O) groups excluding carboxylic acids is 1. The van der Waals surface area contributed by atoms with Gasteiger partial charge in [0.15, 0.2) is 0 Å². The molecule has 1 unspecified atom stereocenters. The van der Waals surface area contributed by atoms with E-state index < -0.39 is 23.7 Å². The lowest BCUT2D eigenvalue weighted by molar-refractivity contribution is -0.139. The zero-order valence-corrected chi connectivity index (χ0v) is 22.6. The lowest BCUT2D eigenvalue weighted by Crippen LogP contribution is -2.42. The first-order valence-corrected chi connectivity index (χ1v) is 13.3. The van der Waals surface area contributed by atoms with E-state index in [1.54, 1.807) is 26.3 Å². The SMILES string of the molecule is CCc1cc(F)cc(C)c1C(=O)NC(Cc1ccc(-c2nc(CNc3cc(OC)ccn3)cs2)cc1)C(=O)O. The summed E-state index contributed by atoms with van der Waals surface area (Å²) in [6.45, 7) is 3.96. The topological polar surface area (TPSA) is 113 Å². The number of carboxylic acids is 1. The van der Waals surface area contributed by atoms with Gasteiger partial charge in [0.1, 0.15) is 28.4 Å². The Hall–Kier alpha value is -4.31. The van der Waals surface area contributed by atoms with E-state index in [1.807, 2.05) is 42.6 Å². The van der Waals surface area contributed by atoms with Gasteiger partial charge in [-0.15, -0.1) is 11.3 Å². The maximum absolute atomic E-state index is 13.8. The first-order chi connectivity index (χ1) is 18.8. The van der Waals surface area contributed by atoms with Crippen molar-refractivity contribution in [2.75, 3.05) is 12.4 Å². The summed E-state index contributed by atoms with van der Waals surface area (Å²) in [5.74, 6) is -0.691. The third-order valence-corrected chi connectivity index (χ3v) is 7.14. The number of hydrogen-bond donors (Lipinski definition) is 3. The number of methoxy groups -OCH3 is 1. The zero-order chi connectivity index (χ0) is 27.9. The molecule has 0 aliphatic carbocycles. The molecular weight excluding hydrogens is 519 g/mol. The van der Waals surface area contributed by atoms with Crippen molar-refractivity contribution in [3.8, 4) is 16.3 Å². The third-order valence-electron chi connectivity index (χ3n) is 6.20. The third kappa shape index (κ3) is 6.97. The predicted octanol–water partition coefficient (Wildman–Crippen LogP) is 5.26. The van der Waals surface area contributed by atoms with Crippen LogP contribution in [0.3, 0.4) is 0 Å². The monoisotopic (exact) mass is 548 g/mol. The number of aryl methyl sites for hydroxylation is 2. The largest absolute Gasteiger partial charge is 0.497 e. The number of carboxylic acid groups (broad SMARTS) is 1. The van der Waals surface area contributed by atoms with Gasteiger partial charge in [-0.2, -0.15) is 0 Å². The fourth-order valence-electron chi connectivity index (χ4n) is 4.20. The molecule has 39 heavy (non-hydrogen) atoms. The summed E-state index contributed by atoms with van der Waals surface area (Å²) in [5, 5.41) is 18.4. The molecule has 10 heteroatoms. The Morgan fingerprint density at radius 2 is 1.92 bits per heavy atom. The molecule has 202 valence electrons. The first kappa shape index (κ1) is 27.7. The second-order valence-corrected chi connectivity index (χ2v) is 9.81. The van der Waals surface area contributed by atoms with Crippen molar-refractivity contribution in [3.63, 3.8) is 0 Å². The fraction of sp³-hybridized carbons (Fsp3) is 0.241. The van der Waals surface area contributed by atoms with Gasteiger partial charge in [-0.05, 0) is 48.2 Å². The predicted molar refractivity (Wildman–Crippen MR) is 149 cm³/mol. The highest BCUT2D eigenvalue weighted by atomic mass is 32.1. The highest BCUT2D eigenvalue weighted by Crippen LogP contribution is 2.25. The molecule has 1 atom stereocenters. The van der Waals surface area contributed by atoms with Gasteiger partial charge in [-0.25, -0.2) is 19.2 Å². The van der Waals surface area contributed by atoms with Crippen LogP contribution >= 0.6 is 11.3 Å². The Morgan fingerprint density at radius 1 is 1.15 bits per heavy atom. The van der Waals surface area contributed by atoms with Gasteiger partial charge in [0, 0.05) is 35.2 Å². The number of carbonyl (C=O) groups is 2. The van der Waals surface area contributed by atoms with E-state index in [1.165, 1.54) is 23.5 Å². The molecule has 0 bridgehead atoms. The standard InChI is InChI=1S/C29H29FN4O4S/c1-4-19-13-21(30)11-17(2)26(19)27(35)34-24(29(36)37)12-18-5-7-20(8-6-18)28-33-22(16-39-28)15-32-25-14-23(38-3)9-10-31-25/h5-11,13-14,16,24H,4,12,15H2,1-3H3,(H,31,32)(H,34,35)(H,36,37). The van der Waals surface area contributed by atoms with Crippen molar-refractivity contribution < 1.29 is 23.8 Å². The Labute approximate surface area is 229 Å². The molecule has 2 aromatic carbocycles. The van der Waals surface area contributed by atoms with E-state index in [0.717, 1.165) is 21.8 Å². The van der Waals surface area contributed by atoms with Crippen LogP contribution in [0, 0.1) is 12.7 Å². The molecule has 0 aliphatic heterocycles. The lowest BCUT2D eigenvalue weighted by Gasteiger charge is -2.17. The van der Waals surface area contributed by atoms with Gasteiger partial charge >= 0.3 is 5.97 Å². The quantitative estimate of drug-likeness (QED) is 0.234. The maximum atomic E-state index is 13.8. The van der Waals surface area contributed by atoms with E-state index in [-0.39, 0.29) is 6.42 Å². The molecule has 0 fully saturated rings. The molecule has 1 amide bonds. The van der Waals surface area contributed by atoms with Gasteiger partial charge in [-0.3, -0.25) is 4.79 Å². The summed E-state index contributed by atoms with van der Waals surface area (Å²) in [5.41, 5.74) is 3.84. The van der Waals surface area contributed by atoms with Crippen molar-refractivity contribution in [2.45, 2.75) is 39.3 Å². The highest BCUT2D eigenvalue weighted by molar-refractivity contribution is 7.13. The van der Waals surface area contributed by atoms with Crippen LogP contribution in [0.4, 0.5) is 10.2 Å². The van der Waals surface area contributed by atoms with Gasteiger partial charge in [0.25, 0.3) is 5.91 Å². The Morgan fingerprint density at radius 3 is 2.62 bits per heavy atom. The van der Waals surface area contributed by atoms with Gasteiger partial charge in [-0.1, -0.05) is 31.2 Å². The number of aliphatic carboxylic acids is 1. The lowest BCUT2D eigenvalue weighted by atomic mass is 9.98. The molecule has 0 radical (unpaired) electrons. The van der Waals surface area contributed by atoms with E-state index in [2.05, 4.69) is 20.6 Å². The molecule has 0 spiro atoms. The first-order valence-electron chi connectivity index (χ1n) is 12.4. The smallest absolute Gasteiger partial charge is 0.326 e. The van der Waals surface area contributed by atoms with E-state index in [4.69, 9.17) is 4.74 Å². The van der Waals surface area contributed by atoms with Crippen LogP contribution in [0.15, 0.2) is 60.1 Å². The zero-order valence-electron chi connectivity index (χ0n) is 21.8. The maximum Gasteiger partial charge on any atom is 0.326 e. The number of benzene rings is 2. The van der Waals surface area contributed by atoms with E-state index in [0.29, 0.717) is 41.2 Å². The number of nitrogens with one attached hydrogen (secondary N) is 2. The number of aromatic nitrogens is 2. The summed E-state index contributed by atoms with van der Waals surface area (Å²) in [4.78, 5) is 33.9. The fourth-order valence-corrected chi connectivity index (χ4v) is 5.03. The number of rotatable bonds is 11. The number of amides is 1. The van der Waals surface area contributed by atoms with Crippen LogP contribution in [0.5, 0.6) is 5.75 Å². The summed E-state index contributed by atoms with van der Waals surface area (Å²) >= 11 is 1.51. The van der Waals surface area contributed by atoms with Crippen LogP contribution in [-0.2, 0) is 24.2 Å².